The van der Waals surface area contributed by atoms with Crippen LogP contribution in [0.15, 0.2) is 42.5 Å². The maximum Gasteiger partial charge on any atom is 0.253 e. The molecule has 0 heterocycles. The van der Waals surface area contributed by atoms with E-state index in [0.717, 1.165) is 17.1 Å². The molecule has 2 rings (SSSR count). The van der Waals surface area contributed by atoms with Crippen molar-refractivity contribution in [3.8, 4) is 11.5 Å². The molecule has 0 radical (unpaired) electrons. The highest BCUT2D eigenvalue weighted by Crippen LogP contribution is 2.23. The molecule has 0 bridgehead atoms. The lowest BCUT2D eigenvalue weighted by molar-refractivity contribution is 0.0772. The second-order valence-electron chi connectivity index (χ2n) is 5.61. The Morgan fingerprint density at radius 1 is 1.04 bits per heavy atom. The van der Waals surface area contributed by atoms with E-state index in [1.165, 1.54) is 5.56 Å². The second kappa shape index (κ2) is 8.39. The van der Waals surface area contributed by atoms with Gasteiger partial charge in [-0.05, 0) is 51.1 Å². The van der Waals surface area contributed by atoms with E-state index >= 15 is 0 Å². The van der Waals surface area contributed by atoms with Crippen LogP contribution in [0.2, 0.25) is 0 Å². The molecule has 0 aliphatic carbocycles. The lowest BCUT2D eigenvalue weighted by atomic mass is 10.1. The summed E-state index contributed by atoms with van der Waals surface area (Å²) < 4.78 is 11.2. The highest BCUT2D eigenvalue weighted by molar-refractivity contribution is 5.94. The summed E-state index contributed by atoms with van der Waals surface area (Å²) in [7, 11) is 1.62. The lowest BCUT2D eigenvalue weighted by Crippen LogP contribution is -2.30. The summed E-state index contributed by atoms with van der Waals surface area (Å²) in [6, 6.07) is 13.4. The average molecular weight is 327 g/mol. The number of amides is 1. The van der Waals surface area contributed by atoms with Crippen molar-refractivity contribution >= 4 is 5.91 Å². The van der Waals surface area contributed by atoms with Crippen molar-refractivity contribution < 1.29 is 14.3 Å². The molecule has 0 saturated carbocycles. The molecule has 0 aliphatic heterocycles. The number of ether oxygens (including phenoxy) is 2. The van der Waals surface area contributed by atoms with Crippen molar-refractivity contribution in [2.45, 2.75) is 27.4 Å². The van der Waals surface area contributed by atoms with E-state index < -0.39 is 0 Å². The van der Waals surface area contributed by atoms with Crippen LogP contribution in [0.4, 0.5) is 0 Å². The molecule has 0 spiro atoms. The Balaban J connectivity index is 2.19. The van der Waals surface area contributed by atoms with Gasteiger partial charge in [0.2, 0.25) is 0 Å². The fraction of sp³-hybridized carbons (Fsp3) is 0.350. The fourth-order valence-electron chi connectivity index (χ4n) is 2.51. The number of nitrogens with zero attached hydrogens (tertiary/aromatic N) is 1. The van der Waals surface area contributed by atoms with Crippen molar-refractivity contribution in [1.29, 1.82) is 0 Å². The SMILES string of the molecule is CCN(CC)C(=O)c1ccc(OC)c(COc2ccc(C)cc2)c1. The van der Waals surface area contributed by atoms with Gasteiger partial charge in [-0.1, -0.05) is 17.7 Å². The van der Waals surface area contributed by atoms with Gasteiger partial charge in [-0.15, -0.1) is 0 Å². The maximum atomic E-state index is 12.5. The molecular formula is C20H25NO3. The Labute approximate surface area is 144 Å². The molecule has 1 amide bonds. The summed E-state index contributed by atoms with van der Waals surface area (Å²) in [5.74, 6) is 1.54. The van der Waals surface area contributed by atoms with Crippen LogP contribution < -0.4 is 9.47 Å². The third-order valence-corrected chi connectivity index (χ3v) is 3.99. The van der Waals surface area contributed by atoms with E-state index in [2.05, 4.69) is 0 Å². The van der Waals surface area contributed by atoms with Gasteiger partial charge >= 0.3 is 0 Å². The monoisotopic (exact) mass is 327 g/mol. The number of hydrogen-bond donors (Lipinski definition) is 0. The lowest BCUT2D eigenvalue weighted by Gasteiger charge is -2.19. The highest BCUT2D eigenvalue weighted by atomic mass is 16.5. The van der Waals surface area contributed by atoms with Crippen molar-refractivity contribution in [3.63, 3.8) is 0 Å². The minimum Gasteiger partial charge on any atom is -0.496 e. The van der Waals surface area contributed by atoms with Crippen molar-refractivity contribution in [3.05, 3.63) is 59.2 Å². The molecule has 4 heteroatoms. The molecule has 24 heavy (non-hydrogen) atoms. The summed E-state index contributed by atoms with van der Waals surface area (Å²) >= 11 is 0. The van der Waals surface area contributed by atoms with Gasteiger partial charge in [0, 0.05) is 24.2 Å². The van der Waals surface area contributed by atoms with E-state index in [9.17, 15) is 4.79 Å². The molecule has 4 nitrogen and oxygen atoms in total. The summed E-state index contributed by atoms with van der Waals surface area (Å²) in [6.45, 7) is 7.73. The molecule has 0 aliphatic rings. The average Bonchev–Trinajstić information content (AvgIpc) is 2.62. The van der Waals surface area contributed by atoms with Gasteiger partial charge in [-0.3, -0.25) is 4.79 Å². The van der Waals surface area contributed by atoms with Crippen LogP contribution in [0, 0.1) is 6.92 Å². The summed E-state index contributed by atoms with van der Waals surface area (Å²) in [5, 5.41) is 0. The summed E-state index contributed by atoms with van der Waals surface area (Å²) in [5.41, 5.74) is 2.70. The second-order valence-corrected chi connectivity index (χ2v) is 5.61. The van der Waals surface area contributed by atoms with Crippen LogP contribution >= 0.6 is 0 Å². The number of carbonyl (C=O) groups is 1. The highest BCUT2D eigenvalue weighted by Gasteiger charge is 2.15. The third-order valence-electron chi connectivity index (χ3n) is 3.99. The molecule has 128 valence electrons. The zero-order valence-electron chi connectivity index (χ0n) is 14.8. The first-order chi connectivity index (χ1) is 11.6. The normalized spacial score (nSPS) is 10.3. The van der Waals surface area contributed by atoms with E-state index in [1.54, 1.807) is 18.1 Å². The van der Waals surface area contributed by atoms with Gasteiger partial charge in [-0.2, -0.15) is 0 Å². The van der Waals surface area contributed by atoms with E-state index in [-0.39, 0.29) is 5.91 Å². The predicted molar refractivity (Wildman–Crippen MR) is 95.8 cm³/mol. The quantitative estimate of drug-likeness (QED) is 0.769. The van der Waals surface area contributed by atoms with Gasteiger partial charge in [0.05, 0.1) is 7.11 Å². The smallest absolute Gasteiger partial charge is 0.253 e. The van der Waals surface area contributed by atoms with Crippen molar-refractivity contribution in [2.24, 2.45) is 0 Å². The molecule has 0 N–H and O–H groups in total. The number of hydrogen-bond acceptors (Lipinski definition) is 3. The third kappa shape index (κ3) is 4.28. The van der Waals surface area contributed by atoms with Crippen molar-refractivity contribution in [1.82, 2.24) is 4.90 Å². The number of benzene rings is 2. The first-order valence-corrected chi connectivity index (χ1v) is 8.24. The van der Waals surface area contributed by atoms with Gasteiger partial charge in [0.15, 0.2) is 0 Å². The molecule has 0 saturated heterocycles. The van der Waals surface area contributed by atoms with Gasteiger partial charge in [-0.25, -0.2) is 0 Å². The van der Waals surface area contributed by atoms with E-state index in [4.69, 9.17) is 9.47 Å². The number of rotatable bonds is 7. The van der Waals surface area contributed by atoms with Crippen LogP contribution in [-0.2, 0) is 6.61 Å². The molecule has 0 unspecified atom stereocenters. The predicted octanol–water partition coefficient (Wildman–Crippen LogP) is 4.06. The van der Waals surface area contributed by atoms with E-state index in [0.29, 0.717) is 25.3 Å². The molecule has 0 fully saturated rings. The zero-order valence-corrected chi connectivity index (χ0v) is 14.8. The van der Waals surface area contributed by atoms with Gasteiger partial charge in [0.25, 0.3) is 5.91 Å². The molecule has 2 aromatic rings. The number of aryl methyl sites for hydroxylation is 1. The van der Waals surface area contributed by atoms with Crippen molar-refractivity contribution in [2.75, 3.05) is 20.2 Å². The van der Waals surface area contributed by atoms with Crippen LogP contribution in [0.1, 0.15) is 35.3 Å². The molecule has 0 atom stereocenters. The van der Waals surface area contributed by atoms with Crippen LogP contribution in [-0.4, -0.2) is 31.0 Å². The Bertz CT molecular complexity index is 676. The molecule has 0 aromatic heterocycles. The topological polar surface area (TPSA) is 38.8 Å². The standard InChI is InChI=1S/C20H25NO3/c1-5-21(6-2)20(22)16-9-12-19(23-4)17(13-16)14-24-18-10-7-15(3)8-11-18/h7-13H,5-6,14H2,1-4H3. The first kappa shape index (κ1) is 17.9. The minimum absolute atomic E-state index is 0.0271. The van der Waals surface area contributed by atoms with E-state index in [1.807, 2.05) is 57.2 Å². The Kier molecular flexibility index (Phi) is 6.24. The minimum atomic E-state index is 0.0271. The Morgan fingerprint density at radius 2 is 1.71 bits per heavy atom. The first-order valence-electron chi connectivity index (χ1n) is 8.24. The number of methoxy groups -OCH3 is 1. The largest absolute Gasteiger partial charge is 0.496 e. The van der Waals surface area contributed by atoms with Crippen LogP contribution in [0.5, 0.6) is 11.5 Å². The fourth-order valence-corrected chi connectivity index (χ4v) is 2.51. The Hall–Kier alpha value is -2.49. The maximum absolute atomic E-state index is 12.5. The summed E-state index contributed by atoms with van der Waals surface area (Å²) in [4.78, 5) is 14.3. The zero-order chi connectivity index (χ0) is 17.5. The van der Waals surface area contributed by atoms with Gasteiger partial charge in [0.1, 0.15) is 18.1 Å². The summed E-state index contributed by atoms with van der Waals surface area (Å²) in [6.07, 6.45) is 0. The van der Waals surface area contributed by atoms with Gasteiger partial charge < -0.3 is 14.4 Å². The Morgan fingerprint density at radius 3 is 2.29 bits per heavy atom. The molecule has 2 aromatic carbocycles. The van der Waals surface area contributed by atoms with Crippen LogP contribution in [0.25, 0.3) is 0 Å². The number of carbonyl (C=O) groups excluding carboxylic acids is 1. The molecular weight excluding hydrogens is 302 g/mol. The van der Waals surface area contributed by atoms with Crippen LogP contribution in [0.3, 0.4) is 0 Å².